The van der Waals surface area contributed by atoms with Gasteiger partial charge in [-0.25, -0.2) is 0 Å². The summed E-state index contributed by atoms with van der Waals surface area (Å²) in [5.74, 6) is 0.742. The second-order valence-electron chi connectivity index (χ2n) is 6.90. The molecule has 7 heteroatoms. The van der Waals surface area contributed by atoms with E-state index >= 15 is 0 Å². The van der Waals surface area contributed by atoms with E-state index in [0.717, 1.165) is 24.1 Å². The molecule has 3 aromatic rings. The molecule has 6 nitrogen and oxygen atoms in total. The number of ether oxygens (including phenoxy) is 2. The molecule has 0 fully saturated rings. The number of amides is 2. The second kappa shape index (κ2) is 8.59. The predicted molar refractivity (Wildman–Crippen MR) is 118 cm³/mol. The molecular weight excluding hydrogens is 400 g/mol. The highest BCUT2D eigenvalue weighted by atomic mass is 32.1. The summed E-state index contributed by atoms with van der Waals surface area (Å²) in [6.07, 6.45) is 1.82. The molecule has 4 rings (SSSR count). The summed E-state index contributed by atoms with van der Waals surface area (Å²) in [5.41, 5.74) is 2.98. The normalized spacial score (nSPS) is 12.8. The molecule has 2 amide bonds. The molecule has 1 N–H and O–H groups in total. The molecule has 30 heavy (non-hydrogen) atoms. The van der Waals surface area contributed by atoms with Gasteiger partial charge in [-0.2, -0.15) is 0 Å². The first-order chi connectivity index (χ1) is 14.6. The smallest absolute Gasteiger partial charge is 0.268 e. The van der Waals surface area contributed by atoms with Crippen LogP contribution in [0.4, 0.5) is 11.4 Å². The number of rotatable bonds is 5. The number of aryl methyl sites for hydroxylation is 1. The topological polar surface area (TPSA) is 67.9 Å². The van der Waals surface area contributed by atoms with Gasteiger partial charge in [-0.05, 0) is 54.1 Å². The van der Waals surface area contributed by atoms with E-state index in [9.17, 15) is 9.59 Å². The van der Waals surface area contributed by atoms with Gasteiger partial charge in [-0.15, -0.1) is 11.3 Å². The van der Waals surface area contributed by atoms with Gasteiger partial charge in [0.1, 0.15) is 11.5 Å². The Labute approximate surface area is 179 Å². The molecule has 0 bridgehead atoms. The molecule has 0 unspecified atom stereocenters. The van der Waals surface area contributed by atoms with Gasteiger partial charge in [0.2, 0.25) is 0 Å². The Bertz CT molecular complexity index is 1080. The van der Waals surface area contributed by atoms with Crippen molar-refractivity contribution in [3.63, 3.8) is 0 Å². The first-order valence-corrected chi connectivity index (χ1v) is 10.5. The minimum atomic E-state index is -0.290. The number of nitrogens with one attached hydrogen (secondary N) is 1. The third kappa shape index (κ3) is 3.89. The summed E-state index contributed by atoms with van der Waals surface area (Å²) in [5, 5.41) is 4.82. The van der Waals surface area contributed by atoms with Gasteiger partial charge in [-0.1, -0.05) is 12.1 Å². The van der Waals surface area contributed by atoms with E-state index in [1.165, 1.54) is 18.4 Å². The van der Waals surface area contributed by atoms with Crippen LogP contribution >= 0.6 is 11.3 Å². The van der Waals surface area contributed by atoms with E-state index in [2.05, 4.69) is 5.32 Å². The van der Waals surface area contributed by atoms with Gasteiger partial charge in [0.15, 0.2) is 0 Å². The van der Waals surface area contributed by atoms with Crippen LogP contribution in [0.15, 0.2) is 53.9 Å². The number of carbonyl (C=O) groups is 2. The van der Waals surface area contributed by atoms with E-state index in [1.807, 2.05) is 35.7 Å². The molecule has 154 valence electrons. The van der Waals surface area contributed by atoms with E-state index in [-0.39, 0.29) is 11.8 Å². The SMILES string of the molecule is COc1ccc(C(=O)Nc2ccc3c(c2)N(C(=O)c2cccs2)CCC3)c(OC)c1. The number of hydrogen-bond donors (Lipinski definition) is 1. The van der Waals surface area contributed by atoms with Crippen LogP contribution in [-0.4, -0.2) is 32.6 Å². The number of methoxy groups -OCH3 is 2. The number of anilines is 2. The first kappa shape index (κ1) is 20.0. The molecule has 1 aromatic heterocycles. The largest absolute Gasteiger partial charge is 0.497 e. The third-order valence-electron chi connectivity index (χ3n) is 5.09. The summed E-state index contributed by atoms with van der Waals surface area (Å²) in [7, 11) is 3.07. The highest BCUT2D eigenvalue weighted by Gasteiger charge is 2.25. The van der Waals surface area contributed by atoms with Crippen molar-refractivity contribution in [3.05, 3.63) is 69.9 Å². The first-order valence-electron chi connectivity index (χ1n) is 9.62. The summed E-state index contributed by atoms with van der Waals surface area (Å²) >= 11 is 1.43. The van der Waals surface area contributed by atoms with Crippen molar-refractivity contribution >= 4 is 34.5 Å². The van der Waals surface area contributed by atoms with Crippen LogP contribution in [0.2, 0.25) is 0 Å². The summed E-state index contributed by atoms with van der Waals surface area (Å²) < 4.78 is 10.5. The molecule has 0 radical (unpaired) electrons. The number of carbonyl (C=O) groups excluding carboxylic acids is 2. The molecule has 0 saturated heterocycles. The Morgan fingerprint density at radius 2 is 1.93 bits per heavy atom. The standard InChI is InChI=1S/C23H22N2O4S/c1-28-17-9-10-18(20(14-17)29-2)22(26)24-16-8-7-15-5-3-11-25(19(15)13-16)23(27)21-6-4-12-30-21/h4,6-10,12-14H,3,5,11H2,1-2H3,(H,24,26). The lowest BCUT2D eigenvalue weighted by atomic mass is 10.0. The van der Waals surface area contributed by atoms with Gasteiger partial charge < -0.3 is 19.7 Å². The molecule has 0 atom stereocenters. The van der Waals surface area contributed by atoms with Crippen LogP contribution in [-0.2, 0) is 6.42 Å². The maximum absolute atomic E-state index is 12.9. The predicted octanol–water partition coefficient (Wildman–Crippen LogP) is 4.61. The zero-order valence-corrected chi connectivity index (χ0v) is 17.6. The zero-order chi connectivity index (χ0) is 21.1. The molecule has 2 heterocycles. The average molecular weight is 423 g/mol. The van der Waals surface area contributed by atoms with Crippen LogP contribution in [0.25, 0.3) is 0 Å². The van der Waals surface area contributed by atoms with Crippen molar-refractivity contribution < 1.29 is 19.1 Å². The average Bonchev–Trinajstić information content (AvgIpc) is 3.32. The van der Waals surface area contributed by atoms with Crippen molar-refractivity contribution in [1.29, 1.82) is 0 Å². The van der Waals surface area contributed by atoms with Crippen LogP contribution in [0.5, 0.6) is 11.5 Å². The molecular formula is C23H22N2O4S. The maximum Gasteiger partial charge on any atom is 0.268 e. The minimum absolute atomic E-state index is 0.00810. The fraction of sp³-hybridized carbons (Fsp3) is 0.217. The maximum atomic E-state index is 12.9. The fourth-order valence-corrected chi connectivity index (χ4v) is 4.25. The Morgan fingerprint density at radius 1 is 1.07 bits per heavy atom. The summed E-state index contributed by atoms with van der Waals surface area (Å²) in [6.45, 7) is 0.660. The van der Waals surface area contributed by atoms with Crippen LogP contribution in [0.1, 0.15) is 32.0 Å². The van der Waals surface area contributed by atoms with Gasteiger partial charge in [0.05, 0.1) is 24.7 Å². The monoisotopic (exact) mass is 422 g/mol. The zero-order valence-electron chi connectivity index (χ0n) is 16.8. The summed E-state index contributed by atoms with van der Waals surface area (Å²) in [4.78, 5) is 28.3. The quantitative estimate of drug-likeness (QED) is 0.652. The van der Waals surface area contributed by atoms with Crippen molar-refractivity contribution in [2.45, 2.75) is 12.8 Å². The highest BCUT2D eigenvalue weighted by molar-refractivity contribution is 7.12. The van der Waals surface area contributed by atoms with Crippen molar-refractivity contribution in [1.82, 2.24) is 0 Å². The molecule has 1 aliphatic heterocycles. The van der Waals surface area contributed by atoms with Crippen LogP contribution < -0.4 is 19.7 Å². The van der Waals surface area contributed by atoms with Gasteiger partial charge in [-0.3, -0.25) is 9.59 Å². The lowest BCUT2D eigenvalue weighted by Gasteiger charge is -2.29. The third-order valence-corrected chi connectivity index (χ3v) is 5.95. The Balaban J connectivity index is 1.60. The molecule has 0 spiro atoms. The lowest BCUT2D eigenvalue weighted by Crippen LogP contribution is -2.35. The van der Waals surface area contributed by atoms with Crippen LogP contribution in [0.3, 0.4) is 0 Å². The van der Waals surface area contributed by atoms with Gasteiger partial charge in [0.25, 0.3) is 11.8 Å². The van der Waals surface area contributed by atoms with Crippen molar-refractivity contribution in [3.8, 4) is 11.5 Å². The molecule has 2 aromatic carbocycles. The van der Waals surface area contributed by atoms with Crippen molar-refractivity contribution in [2.75, 3.05) is 31.0 Å². The van der Waals surface area contributed by atoms with Gasteiger partial charge in [0, 0.05) is 24.0 Å². The van der Waals surface area contributed by atoms with E-state index in [0.29, 0.717) is 34.2 Å². The lowest BCUT2D eigenvalue weighted by molar-refractivity contribution is 0.0987. The molecule has 0 aliphatic carbocycles. The highest BCUT2D eigenvalue weighted by Crippen LogP contribution is 2.32. The number of benzene rings is 2. The van der Waals surface area contributed by atoms with E-state index in [4.69, 9.17) is 9.47 Å². The van der Waals surface area contributed by atoms with E-state index < -0.39 is 0 Å². The number of thiophene rings is 1. The Morgan fingerprint density at radius 3 is 2.67 bits per heavy atom. The Hall–Kier alpha value is -3.32. The molecule has 0 saturated carbocycles. The van der Waals surface area contributed by atoms with Crippen LogP contribution in [0, 0.1) is 0 Å². The minimum Gasteiger partial charge on any atom is -0.497 e. The number of hydrogen-bond acceptors (Lipinski definition) is 5. The molecule has 1 aliphatic rings. The number of nitrogens with zero attached hydrogens (tertiary/aromatic N) is 1. The van der Waals surface area contributed by atoms with E-state index in [1.54, 1.807) is 30.2 Å². The van der Waals surface area contributed by atoms with Gasteiger partial charge >= 0.3 is 0 Å². The number of fused-ring (bicyclic) bond motifs is 1. The second-order valence-corrected chi connectivity index (χ2v) is 7.85. The summed E-state index contributed by atoms with van der Waals surface area (Å²) in [6, 6.07) is 14.5. The fourth-order valence-electron chi connectivity index (χ4n) is 3.58. The Kier molecular flexibility index (Phi) is 5.72. The van der Waals surface area contributed by atoms with Crippen molar-refractivity contribution in [2.24, 2.45) is 0 Å².